The number of hydrogen-bond acceptors (Lipinski definition) is 4. The predicted octanol–water partition coefficient (Wildman–Crippen LogP) is 2.90. The topological polar surface area (TPSA) is 53.6 Å². The molecule has 1 heterocycles. The van der Waals surface area contributed by atoms with Crippen molar-refractivity contribution in [2.24, 2.45) is 0 Å². The summed E-state index contributed by atoms with van der Waals surface area (Å²) in [6.07, 6.45) is 0.361. The highest BCUT2D eigenvalue weighted by atomic mass is 35.5. The van der Waals surface area contributed by atoms with Gasteiger partial charge in [0.25, 0.3) is 0 Å². The molecular weight excluding hydrogens is 397 g/mol. The molecule has 1 amide bonds. The zero-order chi connectivity index (χ0) is 18.9. The second-order valence-electron chi connectivity index (χ2n) is 6.68. The van der Waals surface area contributed by atoms with Crippen molar-refractivity contribution in [3.05, 3.63) is 64.7 Å². The number of rotatable bonds is 8. The normalized spacial score (nSPS) is 14.2. The van der Waals surface area contributed by atoms with Gasteiger partial charge in [0.1, 0.15) is 12.4 Å². The standard InChI is InChI=1S/C21H26ClN3O2.ClH/c22-19-6-4-17(5-7-19)16-27-20-3-1-2-18(14-20)15-21(26)24-10-13-25-11-8-23-9-12-25;/h1-7,14,23H,8-13,15-16H2,(H,24,26);1H. The van der Waals surface area contributed by atoms with Crippen LogP contribution in [-0.4, -0.2) is 50.1 Å². The molecule has 0 unspecified atom stereocenters. The summed E-state index contributed by atoms with van der Waals surface area (Å²) in [7, 11) is 0. The number of ether oxygens (including phenoxy) is 1. The molecule has 0 radical (unpaired) electrons. The van der Waals surface area contributed by atoms with Crippen molar-refractivity contribution in [2.75, 3.05) is 39.3 Å². The summed E-state index contributed by atoms with van der Waals surface area (Å²) in [6, 6.07) is 15.3. The molecule has 0 saturated carbocycles. The number of amides is 1. The van der Waals surface area contributed by atoms with Crippen LogP contribution in [0.4, 0.5) is 0 Å². The van der Waals surface area contributed by atoms with Gasteiger partial charge in [-0.3, -0.25) is 9.69 Å². The Morgan fingerprint density at radius 1 is 1.11 bits per heavy atom. The Morgan fingerprint density at radius 2 is 1.86 bits per heavy atom. The van der Waals surface area contributed by atoms with Gasteiger partial charge < -0.3 is 15.4 Å². The lowest BCUT2D eigenvalue weighted by Crippen LogP contribution is -2.46. The fourth-order valence-electron chi connectivity index (χ4n) is 3.03. The van der Waals surface area contributed by atoms with E-state index >= 15 is 0 Å². The predicted molar refractivity (Wildman–Crippen MR) is 115 cm³/mol. The van der Waals surface area contributed by atoms with Crippen LogP contribution in [-0.2, 0) is 17.8 Å². The molecule has 152 valence electrons. The molecule has 2 N–H and O–H groups in total. The van der Waals surface area contributed by atoms with Crippen LogP contribution in [0.3, 0.4) is 0 Å². The van der Waals surface area contributed by atoms with Crippen molar-refractivity contribution in [1.82, 2.24) is 15.5 Å². The minimum atomic E-state index is 0. The maximum Gasteiger partial charge on any atom is 0.224 e. The number of benzene rings is 2. The van der Waals surface area contributed by atoms with Crippen molar-refractivity contribution >= 4 is 29.9 Å². The van der Waals surface area contributed by atoms with Crippen LogP contribution in [0.2, 0.25) is 5.02 Å². The number of halogens is 2. The first-order chi connectivity index (χ1) is 13.2. The second kappa shape index (κ2) is 11.9. The van der Waals surface area contributed by atoms with E-state index < -0.39 is 0 Å². The Morgan fingerprint density at radius 3 is 2.61 bits per heavy atom. The van der Waals surface area contributed by atoms with E-state index in [-0.39, 0.29) is 18.3 Å². The van der Waals surface area contributed by atoms with Crippen molar-refractivity contribution in [3.63, 3.8) is 0 Å². The maximum atomic E-state index is 12.2. The third-order valence-electron chi connectivity index (χ3n) is 4.54. The summed E-state index contributed by atoms with van der Waals surface area (Å²) in [5, 5.41) is 7.05. The fourth-order valence-corrected chi connectivity index (χ4v) is 3.15. The van der Waals surface area contributed by atoms with Gasteiger partial charge in [0.2, 0.25) is 5.91 Å². The van der Waals surface area contributed by atoms with E-state index in [1.54, 1.807) is 0 Å². The van der Waals surface area contributed by atoms with Gasteiger partial charge in [0, 0.05) is 44.3 Å². The molecule has 1 aliphatic heterocycles. The Labute approximate surface area is 177 Å². The van der Waals surface area contributed by atoms with Crippen LogP contribution in [0.1, 0.15) is 11.1 Å². The van der Waals surface area contributed by atoms with E-state index in [0.717, 1.165) is 49.6 Å². The van der Waals surface area contributed by atoms with Gasteiger partial charge in [-0.1, -0.05) is 35.9 Å². The Balaban J connectivity index is 0.00000280. The van der Waals surface area contributed by atoms with Crippen LogP contribution in [0.5, 0.6) is 5.75 Å². The molecule has 0 bridgehead atoms. The van der Waals surface area contributed by atoms with Crippen molar-refractivity contribution in [2.45, 2.75) is 13.0 Å². The first-order valence-corrected chi connectivity index (χ1v) is 9.73. The lowest BCUT2D eigenvalue weighted by molar-refractivity contribution is -0.120. The Hall–Kier alpha value is -1.79. The smallest absolute Gasteiger partial charge is 0.224 e. The Kier molecular flexibility index (Phi) is 9.58. The molecular formula is C21H27Cl2N3O2. The average molecular weight is 424 g/mol. The number of nitrogens with zero attached hydrogens (tertiary/aromatic N) is 1. The van der Waals surface area contributed by atoms with Gasteiger partial charge in [-0.05, 0) is 35.4 Å². The van der Waals surface area contributed by atoms with E-state index in [9.17, 15) is 4.79 Å². The second-order valence-corrected chi connectivity index (χ2v) is 7.12. The maximum absolute atomic E-state index is 12.2. The number of carbonyl (C=O) groups is 1. The highest BCUT2D eigenvalue weighted by Gasteiger charge is 2.10. The number of nitrogens with one attached hydrogen (secondary N) is 2. The summed E-state index contributed by atoms with van der Waals surface area (Å²) < 4.78 is 5.83. The average Bonchev–Trinajstić information content (AvgIpc) is 2.69. The van der Waals surface area contributed by atoms with E-state index in [1.807, 2.05) is 48.5 Å². The summed E-state index contributed by atoms with van der Waals surface area (Å²) in [4.78, 5) is 14.5. The quantitative estimate of drug-likeness (QED) is 0.685. The molecule has 7 heteroatoms. The van der Waals surface area contributed by atoms with E-state index in [1.165, 1.54) is 0 Å². The fraction of sp³-hybridized carbons (Fsp3) is 0.381. The summed E-state index contributed by atoms with van der Waals surface area (Å²) >= 11 is 5.89. The van der Waals surface area contributed by atoms with Crippen LogP contribution < -0.4 is 15.4 Å². The number of carbonyl (C=O) groups excluding carboxylic acids is 1. The molecule has 2 aromatic carbocycles. The van der Waals surface area contributed by atoms with Gasteiger partial charge >= 0.3 is 0 Å². The molecule has 0 aliphatic carbocycles. The molecule has 0 aromatic heterocycles. The monoisotopic (exact) mass is 423 g/mol. The summed E-state index contributed by atoms with van der Waals surface area (Å²) in [5.41, 5.74) is 2.00. The molecule has 0 spiro atoms. The highest BCUT2D eigenvalue weighted by Crippen LogP contribution is 2.17. The lowest BCUT2D eigenvalue weighted by atomic mass is 10.1. The minimum Gasteiger partial charge on any atom is -0.489 e. The summed E-state index contributed by atoms with van der Waals surface area (Å²) in [6.45, 7) is 6.19. The molecule has 1 saturated heterocycles. The van der Waals surface area contributed by atoms with Crippen LogP contribution in [0.15, 0.2) is 48.5 Å². The van der Waals surface area contributed by atoms with Crippen molar-refractivity contribution < 1.29 is 9.53 Å². The molecule has 3 rings (SSSR count). The van der Waals surface area contributed by atoms with E-state index in [0.29, 0.717) is 24.6 Å². The first kappa shape index (κ1) is 22.5. The van der Waals surface area contributed by atoms with Crippen LogP contribution in [0, 0.1) is 0 Å². The first-order valence-electron chi connectivity index (χ1n) is 9.35. The lowest BCUT2D eigenvalue weighted by Gasteiger charge is -2.27. The van der Waals surface area contributed by atoms with Gasteiger partial charge in [0.15, 0.2) is 0 Å². The number of hydrogen-bond donors (Lipinski definition) is 2. The molecule has 1 aliphatic rings. The summed E-state index contributed by atoms with van der Waals surface area (Å²) in [5.74, 6) is 0.802. The highest BCUT2D eigenvalue weighted by molar-refractivity contribution is 6.30. The zero-order valence-electron chi connectivity index (χ0n) is 15.8. The number of piperazine rings is 1. The Bertz CT molecular complexity index is 735. The van der Waals surface area contributed by atoms with E-state index in [4.69, 9.17) is 16.3 Å². The van der Waals surface area contributed by atoms with Gasteiger partial charge in [0.05, 0.1) is 6.42 Å². The van der Waals surface area contributed by atoms with Gasteiger partial charge in [-0.25, -0.2) is 0 Å². The molecule has 0 atom stereocenters. The largest absolute Gasteiger partial charge is 0.489 e. The van der Waals surface area contributed by atoms with Gasteiger partial charge in [-0.2, -0.15) is 0 Å². The van der Waals surface area contributed by atoms with Crippen LogP contribution >= 0.6 is 24.0 Å². The minimum absolute atomic E-state index is 0. The third-order valence-corrected chi connectivity index (χ3v) is 4.79. The van der Waals surface area contributed by atoms with Gasteiger partial charge in [-0.15, -0.1) is 12.4 Å². The van der Waals surface area contributed by atoms with Crippen molar-refractivity contribution in [1.29, 1.82) is 0 Å². The van der Waals surface area contributed by atoms with Crippen LogP contribution in [0.25, 0.3) is 0 Å². The van der Waals surface area contributed by atoms with Crippen molar-refractivity contribution in [3.8, 4) is 5.75 Å². The third kappa shape index (κ3) is 7.68. The molecule has 28 heavy (non-hydrogen) atoms. The molecule has 1 fully saturated rings. The SMILES string of the molecule is Cl.O=C(Cc1cccc(OCc2ccc(Cl)cc2)c1)NCCN1CCNCC1. The molecule has 2 aromatic rings. The zero-order valence-corrected chi connectivity index (χ0v) is 17.4. The molecule has 5 nitrogen and oxygen atoms in total. The van der Waals surface area contributed by atoms with E-state index in [2.05, 4.69) is 15.5 Å².